The van der Waals surface area contributed by atoms with Crippen LogP contribution in [0.2, 0.25) is 5.15 Å². The Morgan fingerprint density at radius 1 is 1.20 bits per heavy atom. The molecule has 0 aliphatic carbocycles. The van der Waals surface area contributed by atoms with Crippen molar-refractivity contribution < 1.29 is 23.8 Å². The zero-order chi connectivity index (χ0) is 21.9. The van der Waals surface area contributed by atoms with Gasteiger partial charge >= 0.3 is 11.9 Å². The smallest absolute Gasteiger partial charge is 0.341 e. The number of nitrogens with zero attached hydrogens (tertiary/aromatic N) is 1. The number of carbonyl (C=O) groups is 2. The van der Waals surface area contributed by atoms with Crippen LogP contribution in [0.15, 0.2) is 35.8 Å². The number of carbonyl (C=O) groups excluding carboxylic acids is 2. The van der Waals surface area contributed by atoms with Gasteiger partial charge in [0.05, 0.1) is 22.4 Å². The summed E-state index contributed by atoms with van der Waals surface area (Å²) in [7, 11) is 0. The minimum absolute atomic E-state index is 0.200. The van der Waals surface area contributed by atoms with Crippen molar-refractivity contribution in [2.75, 3.05) is 6.61 Å². The number of pyridine rings is 1. The van der Waals surface area contributed by atoms with E-state index in [1.54, 1.807) is 31.2 Å². The molecule has 0 bridgehead atoms. The van der Waals surface area contributed by atoms with Crippen molar-refractivity contribution in [1.82, 2.24) is 4.98 Å². The second-order valence-electron chi connectivity index (χ2n) is 7.47. The van der Waals surface area contributed by atoms with E-state index in [1.165, 1.54) is 17.5 Å². The third-order valence-corrected chi connectivity index (χ3v) is 5.33. The van der Waals surface area contributed by atoms with Gasteiger partial charge in [-0.2, -0.15) is 0 Å². The highest BCUT2D eigenvalue weighted by atomic mass is 35.5. The van der Waals surface area contributed by atoms with E-state index in [1.807, 2.05) is 26.2 Å². The summed E-state index contributed by atoms with van der Waals surface area (Å²) in [4.78, 5) is 28.6. The zero-order valence-electron chi connectivity index (χ0n) is 17.2. The number of hydrogen-bond acceptors (Lipinski definition) is 7. The molecule has 0 spiro atoms. The number of halogens is 1. The van der Waals surface area contributed by atoms with E-state index in [2.05, 4.69) is 4.98 Å². The van der Waals surface area contributed by atoms with E-state index in [0.29, 0.717) is 32.1 Å². The third kappa shape index (κ3) is 5.09. The van der Waals surface area contributed by atoms with E-state index in [4.69, 9.17) is 25.8 Å². The Bertz CT molecular complexity index is 1090. The van der Waals surface area contributed by atoms with Gasteiger partial charge in [0, 0.05) is 17.1 Å². The van der Waals surface area contributed by atoms with Gasteiger partial charge in [-0.05, 0) is 51.3 Å². The van der Waals surface area contributed by atoms with Gasteiger partial charge in [-0.3, -0.25) is 0 Å². The molecule has 0 N–H and O–H groups in total. The number of ether oxygens (including phenoxy) is 3. The van der Waals surface area contributed by atoms with Gasteiger partial charge in [0.15, 0.2) is 0 Å². The van der Waals surface area contributed by atoms with Gasteiger partial charge in [0.2, 0.25) is 0 Å². The molecule has 0 saturated heterocycles. The van der Waals surface area contributed by atoms with Crippen LogP contribution in [0.3, 0.4) is 0 Å². The van der Waals surface area contributed by atoms with E-state index < -0.39 is 17.5 Å². The molecule has 0 radical (unpaired) electrons. The summed E-state index contributed by atoms with van der Waals surface area (Å²) in [6.45, 7) is 7.67. The van der Waals surface area contributed by atoms with Crippen LogP contribution in [0.1, 0.15) is 54.0 Å². The molecule has 30 heavy (non-hydrogen) atoms. The van der Waals surface area contributed by atoms with Crippen LogP contribution in [-0.4, -0.2) is 29.1 Å². The summed E-state index contributed by atoms with van der Waals surface area (Å²) >= 11 is 7.67. The van der Waals surface area contributed by atoms with Crippen LogP contribution in [-0.2, 0) is 16.1 Å². The summed E-state index contributed by atoms with van der Waals surface area (Å²) in [5.74, 6) is -0.338. The number of aromatic nitrogens is 1. The average Bonchev–Trinajstić information content (AvgIpc) is 3.10. The first-order valence-corrected chi connectivity index (χ1v) is 10.6. The molecular weight excluding hydrogens is 426 g/mol. The minimum Gasteiger partial charge on any atom is -0.489 e. The molecule has 1 aromatic carbocycles. The summed E-state index contributed by atoms with van der Waals surface area (Å²) in [6.07, 6.45) is 1.42. The number of benzene rings is 1. The van der Waals surface area contributed by atoms with Crippen molar-refractivity contribution in [1.29, 1.82) is 0 Å². The molecule has 0 atom stereocenters. The molecule has 0 aliphatic heterocycles. The second-order valence-corrected chi connectivity index (χ2v) is 8.70. The highest BCUT2D eigenvalue weighted by Crippen LogP contribution is 2.34. The molecule has 3 rings (SSSR count). The first-order valence-electron chi connectivity index (χ1n) is 9.37. The summed E-state index contributed by atoms with van der Waals surface area (Å²) < 4.78 is 17.1. The Balaban J connectivity index is 1.81. The van der Waals surface area contributed by atoms with Crippen LogP contribution in [0.4, 0.5) is 0 Å². The molecule has 0 fully saturated rings. The first kappa shape index (κ1) is 22.1. The minimum atomic E-state index is -0.579. The third-order valence-electron chi connectivity index (χ3n) is 3.98. The van der Waals surface area contributed by atoms with Crippen LogP contribution in [0, 0.1) is 0 Å². The standard InChI is InChI=1S/C22H22ClNO5S/c1-5-27-21(26)16-10-24-19(23)17-14(12-30-18(16)17)11-28-15-8-6-7-13(9-15)20(25)29-22(2,3)4/h6-10,12H,5,11H2,1-4H3. The fourth-order valence-electron chi connectivity index (χ4n) is 2.73. The van der Waals surface area contributed by atoms with Crippen molar-refractivity contribution in [3.8, 4) is 5.75 Å². The molecule has 2 heterocycles. The molecule has 0 saturated carbocycles. The number of fused-ring (bicyclic) bond motifs is 1. The fourth-order valence-corrected chi connectivity index (χ4v) is 4.11. The number of rotatable bonds is 6. The Labute approximate surface area is 183 Å². The topological polar surface area (TPSA) is 74.7 Å². The lowest BCUT2D eigenvalue weighted by atomic mass is 10.1. The van der Waals surface area contributed by atoms with Crippen molar-refractivity contribution >= 4 is 45.0 Å². The molecular formula is C22H22ClNO5S. The maximum atomic E-state index is 12.3. The normalized spacial score (nSPS) is 11.4. The molecule has 8 heteroatoms. The number of hydrogen-bond donors (Lipinski definition) is 0. The van der Waals surface area contributed by atoms with Gasteiger partial charge in [0.25, 0.3) is 0 Å². The van der Waals surface area contributed by atoms with Crippen LogP contribution in [0.5, 0.6) is 5.75 Å². The Hall–Kier alpha value is -2.64. The average molecular weight is 448 g/mol. The van der Waals surface area contributed by atoms with E-state index in [-0.39, 0.29) is 13.2 Å². The first-order chi connectivity index (χ1) is 14.2. The molecule has 0 aliphatic rings. The lowest BCUT2D eigenvalue weighted by Crippen LogP contribution is -2.23. The van der Waals surface area contributed by atoms with E-state index in [0.717, 1.165) is 5.56 Å². The highest BCUT2D eigenvalue weighted by Gasteiger charge is 2.20. The van der Waals surface area contributed by atoms with Gasteiger partial charge in [-0.25, -0.2) is 14.6 Å². The largest absolute Gasteiger partial charge is 0.489 e. The maximum Gasteiger partial charge on any atom is 0.341 e. The van der Waals surface area contributed by atoms with Crippen LogP contribution < -0.4 is 4.74 Å². The van der Waals surface area contributed by atoms with Crippen molar-refractivity contribution in [3.05, 3.63) is 57.7 Å². The fraction of sp³-hybridized carbons (Fsp3) is 0.318. The monoisotopic (exact) mass is 447 g/mol. The lowest BCUT2D eigenvalue weighted by molar-refractivity contribution is 0.00688. The summed E-state index contributed by atoms with van der Waals surface area (Å²) in [6, 6.07) is 6.79. The molecule has 0 unspecified atom stereocenters. The van der Waals surface area contributed by atoms with Gasteiger partial charge in [-0.15, -0.1) is 11.3 Å². The quantitative estimate of drug-likeness (QED) is 0.358. The van der Waals surface area contributed by atoms with Gasteiger partial charge in [-0.1, -0.05) is 17.7 Å². The Kier molecular flexibility index (Phi) is 6.63. The zero-order valence-corrected chi connectivity index (χ0v) is 18.7. The van der Waals surface area contributed by atoms with Crippen molar-refractivity contribution in [2.24, 2.45) is 0 Å². The SMILES string of the molecule is CCOC(=O)c1cnc(Cl)c2c(COc3cccc(C(=O)OC(C)(C)C)c3)csc12. The van der Waals surface area contributed by atoms with Gasteiger partial charge < -0.3 is 14.2 Å². The van der Waals surface area contributed by atoms with Crippen LogP contribution >= 0.6 is 22.9 Å². The molecule has 6 nitrogen and oxygen atoms in total. The highest BCUT2D eigenvalue weighted by molar-refractivity contribution is 7.17. The predicted molar refractivity (Wildman–Crippen MR) is 117 cm³/mol. The van der Waals surface area contributed by atoms with E-state index >= 15 is 0 Å². The van der Waals surface area contributed by atoms with Gasteiger partial charge in [0.1, 0.15) is 23.1 Å². The van der Waals surface area contributed by atoms with E-state index in [9.17, 15) is 9.59 Å². The maximum absolute atomic E-state index is 12.3. The number of esters is 2. The number of thiophene rings is 1. The lowest BCUT2D eigenvalue weighted by Gasteiger charge is -2.19. The molecule has 2 aromatic heterocycles. The molecule has 3 aromatic rings. The van der Waals surface area contributed by atoms with Crippen molar-refractivity contribution in [2.45, 2.75) is 39.9 Å². The van der Waals surface area contributed by atoms with Crippen LogP contribution in [0.25, 0.3) is 10.1 Å². The molecule has 0 amide bonds. The summed E-state index contributed by atoms with van der Waals surface area (Å²) in [5, 5.41) is 2.83. The van der Waals surface area contributed by atoms with Crippen molar-refractivity contribution in [3.63, 3.8) is 0 Å². The predicted octanol–water partition coefficient (Wildman–Crippen LogP) is 5.66. The Morgan fingerprint density at radius 2 is 1.97 bits per heavy atom. The Morgan fingerprint density at radius 3 is 2.67 bits per heavy atom. The molecule has 158 valence electrons. The second kappa shape index (κ2) is 9.02. The summed E-state index contributed by atoms with van der Waals surface area (Å²) in [5.41, 5.74) is 0.992.